The smallest absolute Gasteiger partial charge is 0.252 e. The quantitative estimate of drug-likeness (QED) is 0.466. The SMILES string of the molecule is CC(C(=O)NN=Cc1ccc(Br)cc1)C(=O)Nc1ccccc1F. The number of amides is 2. The minimum Gasteiger partial charge on any atom is -0.323 e. The van der Waals surface area contributed by atoms with E-state index < -0.39 is 23.5 Å². The van der Waals surface area contributed by atoms with Crippen molar-refractivity contribution in [2.24, 2.45) is 11.0 Å². The zero-order chi connectivity index (χ0) is 17.5. The molecule has 2 aromatic rings. The summed E-state index contributed by atoms with van der Waals surface area (Å²) >= 11 is 3.32. The van der Waals surface area contributed by atoms with Gasteiger partial charge in [-0.3, -0.25) is 9.59 Å². The number of anilines is 1. The lowest BCUT2D eigenvalue weighted by Crippen LogP contribution is -2.34. The first-order valence-corrected chi connectivity index (χ1v) is 7.90. The summed E-state index contributed by atoms with van der Waals surface area (Å²) in [5, 5.41) is 6.18. The molecule has 24 heavy (non-hydrogen) atoms. The summed E-state index contributed by atoms with van der Waals surface area (Å²) in [5.41, 5.74) is 3.11. The molecule has 0 bridgehead atoms. The van der Waals surface area contributed by atoms with Crippen LogP contribution in [0, 0.1) is 11.7 Å². The molecule has 0 radical (unpaired) electrons. The second-order valence-corrected chi connectivity index (χ2v) is 5.89. The van der Waals surface area contributed by atoms with Crippen molar-refractivity contribution in [1.29, 1.82) is 0 Å². The van der Waals surface area contributed by atoms with Gasteiger partial charge in [0.15, 0.2) is 0 Å². The van der Waals surface area contributed by atoms with Gasteiger partial charge in [-0.15, -0.1) is 0 Å². The first kappa shape index (κ1) is 17.8. The minimum absolute atomic E-state index is 0.0283. The van der Waals surface area contributed by atoms with E-state index in [1.807, 2.05) is 24.3 Å². The van der Waals surface area contributed by atoms with Crippen LogP contribution in [0.15, 0.2) is 58.1 Å². The normalized spacial score (nSPS) is 12.0. The summed E-state index contributed by atoms with van der Waals surface area (Å²) in [6, 6.07) is 13.1. The van der Waals surface area contributed by atoms with Crippen LogP contribution in [0.3, 0.4) is 0 Å². The highest BCUT2D eigenvalue weighted by molar-refractivity contribution is 9.10. The van der Waals surface area contributed by atoms with Crippen molar-refractivity contribution in [2.75, 3.05) is 5.32 Å². The van der Waals surface area contributed by atoms with E-state index in [0.29, 0.717) is 0 Å². The Morgan fingerprint density at radius 1 is 1.12 bits per heavy atom. The Hall–Kier alpha value is -2.54. The molecular formula is C17H15BrFN3O2. The van der Waals surface area contributed by atoms with E-state index in [1.54, 1.807) is 6.07 Å². The lowest BCUT2D eigenvalue weighted by Gasteiger charge is -2.11. The van der Waals surface area contributed by atoms with Crippen LogP contribution in [0.25, 0.3) is 0 Å². The molecule has 1 atom stereocenters. The van der Waals surface area contributed by atoms with Crippen molar-refractivity contribution in [3.63, 3.8) is 0 Å². The van der Waals surface area contributed by atoms with Crippen molar-refractivity contribution >= 4 is 39.6 Å². The highest BCUT2D eigenvalue weighted by Gasteiger charge is 2.21. The number of hydrazone groups is 1. The molecule has 0 aromatic heterocycles. The molecule has 7 heteroatoms. The number of nitrogens with zero attached hydrogens (tertiary/aromatic N) is 1. The molecule has 0 aliphatic heterocycles. The summed E-state index contributed by atoms with van der Waals surface area (Å²) in [7, 11) is 0. The van der Waals surface area contributed by atoms with E-state index in [1.165, 1.54) is 31.3 Å². The number of carbonyl (C=O) groups excluding carboxylic acids is 2. The van der Waals surface area contributed by atoms with Crippen LogP contribution in [0.4, 0.5) is 10.1 Å². The molecule has 0 aliphatic rings. The Bertz CT molecular complexity index is 763. The van der Waals surface area contributed by atoms with Crippen LogP contribution in [-0.2, 0) is 9.59 Å². The largest absolute Gasteiger partial charge is 0.323 e. The van der Waals surface area contributed by atoms with Gasteiger partial charge in [0, 0.05) is 4.47 Å². The van der Waals surface area contributed by atoms with Gasteiger partial charge in [-0.25, -0.2) is 9.82 Å². The first-order chi connectivity index (χ1) is 11.5. The number of carbonyl (C=O) groups is 2. The van der Waals surface area contributed by atoms with E-state index in [9.17, 15) is 14.0 Å². The third-order valence-corrected chi connectivity index (χ3v) is 3.71. The van der Waals surface area contributed by atoms with Crippen LogP contribution in [0.1, 0.15) is 12.5 Å². The van der Waals surface area contributed by atoms with E-state index in [-0.39, 0.29) is 5.69 Å². The monoisotopic (exact) mass is 391 g/mol. The Labute approximate surface area is 147 Å². The van der Waals surface area contributed by atoms with Crippen LogP contribution >= 0.6 is 15.9 Å². The first-order valence-electron chi connectivity index (χ1n) is 7.11. The van der Waals surface area contributed by atoms with Gasteiger partial charge >= 0.3 is 0 Å². The van der Waals surface area contributed by atoms with E-state index in [4.69, 9.17) is 0 Å². The predicted molar refractivity (Wildman–Crippen MR) is 94.1 cm³/mol. The molecule has 0 saturated heterocycles. The van der Waals surface area contributed by atoms with Gasteiger partial charge in [0.25, 0.3) is 5.91 Å². The molecule has 2 aromatic carbocycles. The third kappa shape index (κ3) is 4.99. The van der Waals surface area contributed by atoms with E-state index in [0.717, 1.165) is 10.0 Å². The van der Waals surface area contributed by atoms with Gasteiger partial charge < -0.3 is 5.32 Å². The molecule has 0 saturated carbocycles. The number of benzene rings is 2. The number of rotatable bonds is 5. The Morgan fingerprint density at radius 2 is 1.79 bits per heavy atom. The Kier molecular flexibility index (Phi) is 6.20. The average Bonchev–Trinajstić information content (AvgIpc) is 2.58. The molecule has 2 amide bonds. The molecular weight excluding hydrogens is 377 g/mol. The van der Waals surface area contributed by atoms with Crippen molar-refractivity contribution in [3.05, 3.63) is 64.4 Å². The summed E-state index contributed by atoms with van der Waals surface area (Å²) < 4.78 is 14.4. The van der Waals surface area contributed by atoms with Crippen LogP contribution in [-0.4, -0.2) is 18.0 Å². The zero-order valence-electron chi connectivity index (χ0n) is 12.8. The fraction of sp³-hybridized carbons (Fsp3) is 0.118. The van der Waals surface area contributed by atoms with Gasteiger partial charge in [-0.05, 0) is 36.8 Å². The van der Waals surface area contributed by atoms with E-state index in [2.05, 4.69) is 31.8 Å². The molecule has 5 nitrogen and oxygen atoms in total. The number of nitrogens with one attached hydrogen (secondary N) is 2. The zero-order valence-corrected chi connectivity index (χ0v) is 14.4. The molecule has 1 unspecified atom stereocenters. The second kappa shape index (κ2) is 8.35. The fourth-order valence-corrected chi connectivity index (χ4v) is 2.00. The summed E-state index contributed by atoms with van der Waals surface area (Å²) in [4.78, 5) is 23.9. The number of hydrogen-bond donors (Lipinski definition) is 2. The minimum atomic E-state index is -1.02. The molecule has 0 spiro atoms. The maximum Gasteiger partial charge on any atom is 0.252 e. The van der Waals surface area contributed by atoms with Crippen molar-refractivity contribution in [1.82, 2.24) is 5.43 Å². The number of para-hydroxylation sites is 1. The summed E-state index contributed by atoms with van der Waals surface area (Å²) in [6.07, 6.45) is 1.46. The topological polar surface area (TPSA) is 70.6 Å². The predicted octanol–water partition coefficient (Wildman–Crippen LogP) is 3.31. The average molecular weight is 392 g/mol. The van der Waals surface area contributed by atoms with Gasteiger partial charge in [0.1, 0.15) is 11.7 Å². The van der Waals surface area contributed by atoms with Gasteiger partial charge in [0.2, 0.25) is 5.91 Å². The number of halogens is 2. The van der Waals surface area contributed by atoms with Crippen LogP contribution in [0.5, 0.6) is 0 Å². The van der Waals surface area contributed by atoms with Gasteiger partial charge in [-0.2, -0.15) is 5.10 Å². The maximum atomic E-state index is 13.5. The lowest BCUT2D eigenvalue weighted by molar-refractivity contribution is -0.131. The molecule has 0 heterocycles. The summed E-state index contributed by atoms with van der Waals surface area (Å²) in [5.74, 6) is -2.79. The molecule has 0 fully saturated rings. The Morgan fingerprint density at radius 3 is 2.46 bits per heavy atom. The molecule has 0 aliphatic carbocycles. The molecule has 2 rings (SSSR count). The molecule has 124 valence electrons. The van der Waals surface area contributed by atoms with Crippen LogP contribution in [0.2, 0.25) is 0 Å². The van der Waals surface area contributed by atoms with Gasteiger partial charge in [-0.1, -0.05) is 40.2 Å². The highest BCUT2D eigenvalue weighted by Crippen LogP contribution is 2.13. The van der Waals surface area contributed by atoms with Crippen molar-refractivity contribution in [3.8, 4) is 0 Å². The Balaban J connectivity index is 1.90. The standard InChI is InChI=1S/C17H15BrFN3O2/c1-11(16(23)21-15-5-3-2-4-14(15)19)17(24)22-20-10-12-6-8-13(18)9-7-12/h2-11H,1H3,(H,21,23)(H,22,24). The van der Waals surface area contributed by atoms with Crippen LogP contribution < -0.4 is 10.7 Å². The van der Waals surface area contributed by atoms with E-state index >= 15 is 0 Å². The second-order valence-electron chi connectivity index (χ2n) is 4.98. The number of hydrogen-bond acceptors (Lipinski definition) is 3. The van der Waals surface area contributed by atoms with Gasteiger partial charge in [0.05, 0.1) is 11.9 Å². The van der Waals surface area contributed by atoms with Crippen molar-refractivity contribution < 1.29 is 14.0 Å². The fourth-order valence-electron chi connectivity index (χ4n) is 1.74. The maximum absolute atomic E-state index is 13.5. The van der Waals surface area contributed by atoms with Crippen molar-refractivity contribution in [2.45, 2.75) is 6.92 Å². The third-order valence-electron chi connectivity index (χ3n) is 3.18. The highest BCUT2D eigenvalue weighted by atomic mass is 79.9. The lowest BCUT2D eigenvalue weighted by atomic mass is 10.1. The summed E-state index contributed by atoms with van der Waals surface area (Å²) in [6.45, 7) is 1.42. The molecule has 2 N–H and O–H groups in total.